The lowest BCUT2D eigenvalue weighted by molar-refractivity contribution is -0.385. The molecule has 0 spiro atoms. The number of aryl methyl sites for hydroxylation is 1. The molecule has 0 aliphatic carbocycles. The van der Waals surface area contributed by atoms with Crippen LogP contribution in [-0.2, 0) is 9.53 Å². The summed E-state index contributed by atoms with van der Waals surface area (Å²) in [4.78, 5) is 45.9. The molecule has 0 bridgehead atoms. The van der Waals surface area contributed by atoms with Crippen LogP contribution in [0, 0.1) is 17.0 Å². The molecule has 0 aliphatic rings. The van der Waals surface area contributed by atoms with Gasteiger partial charge >= 0.3 is 5.97 Å². The highest BCUT2D eigenvalue weighted by molar-refractivity contribution is 6.07. The van der Waals surface area contributed by atoms with E-state index < -0.39 is 22.7 Å². The van der Waals surface area contributed by atoms with Crippen LogP contribution in [0.1, 0.15) is 26.3 Å². The molecular formula is C18H17N3O6. The Labute approximate surface area is 154 Å². The fraction of sp³-hybridized carbons (Fsp3) is 0.167. The van der Waals surface area contributed by atoms with Crippen LogP contribution < -0.4 is 10.6 Å². The number of amides is 2. The third-order valence-corrected chi connectivity index (χ3v) is 3.69. The molecule has 2 aromatic rings. The Kier molecular flexibility index (Phi) is 6.21. The number of nitrogens with zero attached hydrogens (tertiary/aromatic N) is 1. The number of carbonyl (C=O) groups is 3. The monoisotopic (exact) mass is 371 g/mol. The first-order chi connectivity index (χ1) is 12.8. The number of nitrogens with one attached hydrogen (secondary N) is 2. The smallest absolute Gasteiger partial charge is 0.325 e. The fourth-order valence-corrected chi connectivity index (χ4v) is 2.31. The number of nitro benzene ring substituents is 1. The minimum Gasteiger partial charge on any atom is -0.468 e. The molecule has 0 unspecified atom stereocenters. The summed E-state index contributed by atoms with van der Waals surface area (Å²) in [7, 11) is 1.21. The van der Waals surface area contributed by atoms with Gasteiger partial charge in [-0.1, -0.05) is 12.1 Å². The Morgan fingerprint density at radius 3 is 2.33 bits per heavy atom. The highest BCUT2D eigenvalue weighted by atomic mass is 16.6. The lowest BCUT2D eigenvalue weighted by atomic mass is 10.1. The van der Waals surface area contributed by atoms with E-state index in [1.165, 1.54) is 37.4 Å². The third-order valence-electron chi connectivity index (χ3n) is 3.69. The van der Waals surface area contributed by atoms with E-state index in [2.05, 4.69) is 15.4 Å². The Hall–Kier alpha value is -3.75. The molecular weight excluding hydrogens is 354 g/mol. The number of hydrogen-bond acceptors (Lipinski definition) is 6. The van der Waals surface area contributed by atoms with Crippen LogP contribution in [0.25, 0.3) is 0 Å². The minimum atomic E-state index is -0.631. The van der Waals surface area contributed by atoms with Crippen LogP contribution >= 0.6 is 0 Å². The van der Waals surface area contributed by atoms with Crippen LogP contribution in [0.4, 0.5) is 11.4 Å². The van der Waals surface area contributed by atoms with Gasteiger partial charge in [0.1, 0.15) is 12.1 Å². The van der Waals surface area contributed by atoms with Crippen molar-refractivity contribution in [3.05, 3.63) is 69.3 Å². The summed E-state index contributed by atoms with van der Waals surface area (Å²) in [6, 6.07) is 10.3. The molecule has 27 heavy (non-hydrogen) atoms. The molecule has 0 aromatic heterocycles. The van der Waals surface area contributed by atoms with Gasteiger partial charge in [-0.25, -0.2) is 0 Å². The highest BCUT2D eigenvalue weighted by Crippen LogP contribution is 2.24. The third kappa shape index (κ3) is 4.88. The van der Waals surface area contributed by atoms with E-state index in [4.69, 9.17) is 0 Å². The van der Waals surface area contributed by atoms with Crippen molar-refractivity contribution < 1.29 is 24.0 Å². The summed E-state index contributed by atoms with van der Waals surface area (Å²) in [6.07, 6.45) is 0. The van der Waals surface area contributed by atoms with Crippen LogP contribution in [0.2, 0.25) is 0 Å². The van der Waals surface area contributed by atoms with Crippen LogP contribution in [0.3, 0.4) is 0 Å². The van der Waals surface area contributed by atoms with Crippen molar-refractivity contribution in [1.29, 1.82) is 0 Å². The molecule has 9 heteroatoms. The number of benzene rings is 2. The predicted molar refractivity (Wildman–Crippen MR) is 96.6 cm³/mol. The topological polar surface area (TPSA) is 128 Å². The van der Waals surface area contributed by atoms with Crippen LogP contribution in [0.15, 0.2) is 42.5 Å². The SMILES string of the molecule is COC(=O)CNC(=O)c1ccc(NC(=O)c2cccc(C)c2[N+](=O)[O-])cc1. The molecule has 0 atom stereocenters. The number of anilines is 1. The Balaban J connectivity index is 2.10. The van der Waals surface area contributed by atoms with Gasteiger partial charge < -0.3 is 15.4 Å². The zero-order chi connectivity index (χ0) is 20.0. The number of methoxy groups -OCH3 is 1. The Morgan fingerprint density at radius 2 is 1.74 bits per heavy atom. The number of nitro groups is 1. The molecule has 0 saturated carbocycles. The largest absolute Gasteiger partial charge is 0.468 e. The molecule has 0 radical (unpaired) electrons. The normalized spacial score (nSPS) is 10.0. The van der Waals surface area contributed by atoms with Gasteiger partial charge in [0.15, 0.2) is 0 Å². The second-order valence-electron chi connectivity index (χ2n) is 5.52. The Morgan fingerprint density at radius 1 is 1.07 bits per heavy atom. The standard InChI is InChI=1S/C18H17N3O6/c1-11-4-3-5-14(16(11)21(25)26)18(24)20-13-8-6-12(7-9-13)17(23)19-10-15(22)27-2/h3-9H,10H2,1-2H3,(H,19,23)(H,20,24). The van der Waals surface area contributed by atoms with Crippen LogP contribution in [-0.4, -0.2) is 36.4 Å². The van der Waals surface area contributed by atoms with Crippen molar-refractivity contribution in [1.82, 2.24) is 5.32 Å². The van der Waals surface area contributed by atoms with E-state index in [1.807, 2.05) is 0 Å². The van der Waals surface area contributed by atoms with Gasteiger partial charge in [0.05, 0.1) is 12.0 Å². The van der Waals surface area contributed by atoms with Gasteiger partial charge in [-0.2, -0.15) is 0 Å². The average molecular weight is 371 g/mol. The first kappa shape index (κ1) is 19.6. The predicted octanol–water partition coefficient (Wildman–Crippen LogP) is 2.06. The summed E-state index contributed by atoms with van der Waals surface area (Å²) < 4.78 is 4.43. The van der Waals surface area contributed by atoms with Gasteiger partial charge in [-0.05, 0) is 37.3 Å². The van der Waals surface area contributed by atoms with E-state index in [9.17, 15) is 24.5 Å². The molecule has 0 heterocycles. The number of esters is 1. The zero-order valence-electron chi connectivity index (χ0n) is 14.6. The van der Waals surface area contributed by atoms with Gasteiger partial charge in [-0.15, -0.1) is 0 Å². The molecule has 2 N–H and O–H groups in total. The maximum Gasteiger partial charge on any atom is 0.325 e. The van der Waals surface area contributed by atoms with Gasteiger partial charge in [0.25, 0.3) is 17.5 Å². The van der Waals surface area contributed by atoms with Crippen molar-refractivity contribution in [3.8, 4) is 0 Å². The molecule has 0 fully saturated rings. The number of hydrogen-bond donors (Lipinski definition) is 2. The molecule has 2 aromatic carbocycles. The van der Waals surface area contributed by atoms with Crippen LogP contribution in [0.5, 0.6) is 0 Å². The molecule has 0 saturated heterocycles. The van der Waals surface area contributed by atoms with E-state index in [0.717, 1.165) is 0 Å². The van der Waals surface area contributed by atoms with Gasteiger partial charge in [-0.3, -0.25) is 24.5 Å². The highest BCUT2D eigenvalue weighted by Gasteiger charge is 2.22. The molecule has 2 rings (SSSR count). The van der Waals surface area contributed by atoms with Crippen molar-refractivity contribution in [3.63, 3.8) is 0 Å². The molecule has 140 valence electrons. The van der Waals surface area contributed by atoms with Gasteiger partial charge in [0.2, 0.25) is 0 Å². The maximum absolute atomic E-state index is 12.4. The average Bonchev–Trinajstić information content (AvgIpc) is 2.65. The number of para-hydroxylation sites is 1. The Bertz CT molecular complexity index is 892. The van der Waals surface area contributed by atoms with E-state index in [-0.39, 0.29) is 23.4 Å². The van der Waals surface area contributed by atoms with Crippen molar-refractivity contribution >= 4 is 29.2 Å². The van der Waals surface area contributed by atoms with Gasteiger partial charge in [0, 0.05) is 16.8 Å². The van der Waals surface area contributed by atoms with E-state index in [0.29, 0.717) is 11.3 Å². The molecule has 2 amide bonds. The lowest BCUT2D eigenvalue weighted by Crippen LogP contribution is -2.30. The van der Waals surface area contributed by atoms with Crippen molar-refractivity contribution in [2.75, 3.05) is 19.0 Å². The number of carbonyl (C=O) groups excluding carboxylic acids is 3. The zero-order valence-corrected chi connectivity index (χ0v) is 14.6. The second kappa shape index (κ2) is 8.56. The summed E-state index contributed by atoms with van der Waals surface area (Å²) in [6.45, 7) is 1.29. The summed E-state index contributed by atoms with van der Waals surface area (Å²) in [5.74, 6) is -1.69. The van der Waals surface area contributed by atoms with E-state index in [1.54, 1.807) is 19.1 Å². The summed E-state index contributed by atoms with van der Waals surface area (Å²) in [5, 5.41) is 16.1. The first-order valence-electron chi connectivity index (χ1n) is 7.84. The van der Waals surface area contributed by atoms with Crippen molar-refractivity contribution in [2.45, 2.75) is 6.92 Å². The summed E-state index contributed by atoms with van der Waals surface area (Å²) >= 11 is 0. The van der Waals surface area contributed by atoms with Crippen molar-refractivity contribution in [2.24, 2.45) is 0 Å². The number of ether oxygens (including phenoxy) is 1. The quantitative estimate of drug-likeness (QED) is 0.454. The summed E-state index contributed by atoms with van der Waals surface area (Å²) in [5.41, 5.74) is 0.706. The number of rotatable bonds is 6. The van der Waals surface area contributed by atoms with E-state index >= 15 is 0 Å². The maximum atomic E-state index is 12.4. The first-order valence-corrected chi connectivity index (χ1v) is 7.84. The minimum absolute atomic E-state index is 0.0557. The fourth-order valence-electron chi connectivity index (χ4n) is 2.31. The molecule has 0 aliphatic heterocycles. The lowest BCUT2D eigenvalue weighted by Gasteiger charge is -2.08. The molecule has 9 nitrogen and oxygen atoms in total. The second-order valence-corrected chi connectivity index (χ2v) is 5.52.